The van der Waals surface area contributed by atoms with E-state index in [-0.39, 0.29) is 5.41 Å². The minimum Gasteiger partial charge on any atom is -0.267 e. The molecule has 2 aromatic carbocycles. The average Bonchev–Trinajstić information content (AvgIpc) is 2.58. The summed E-state index contributed by atoms with van der Waals surface area (Å²) in [6, 6.07) is 15.4. The second-order valence-corrected chi connectivity index (χ2v) is 6.42. The Balaban J connectivity index is 1.97. The number of nitrogens with zero attached hydrogens (tertiary/aromatic N) is 1. The first kappa shape index (κ1) is 17.2. The third kappa shape index (κ3) is 4.20. The second-order valence-electron chi connectivity index (χ2n) is 6.42. The van der Waals surface area contributed by atoms with Crippen molar-refractivity contribution in [2.24, 2.45) is 0 Å². The van der Waals surface area contributed by atoms with Crippen molar-refractivity contribution in [1.29, 1.82) is 5.26 Å². The lowest BCUT2D eigenvalue weighted by Gasteiger charge is -2.19. The number of amides is 2. The Morgan fingerprint density at radius 3 is 1.62 bits per heavy atom. The Morgan fingerprint density at radius 1 is 0.833 bits per heavy atom. The van der Waals surface area contributed by atoms with E-state index in [0.717, 1.165) is 5.56 Å². The van der Waals surface area contributed by atoms with E-state index in [2.05, 4.69) is 31.6 Å². The molecule has 0 fully saturated rings. The molecule has 0 bridgehead atoms. The van der Waals surface area contributed by atoms with Gasteiger partial charge in [-0.05, 0) is 47.4 Å². The van der Waals surface area contributed by atoms with E-state index in [4.69, 9.17) is 5.26 Å². The second kappa shape index (κ2) is 6.97. The standard InChI is InChI=1S/C19H19N3O2/c1-19(2,3)16-10-8-15(9-11-16)18(24)22-21-17(23)14-6-4-13(12-20)5-7-14/h4-11H,1-3H3,(H,21,23)(H,22,24). The van der Waals surface area contributed by atoms with Crippen molar-refractivity contribution < 1.29 is 9.59 Å². The minimum absolute atomic E-state index is 0.0127. The molecule has 122 valence electrons. The number of carbonyl (C=O) groups excluding carboxylic acids is 2. The quantitative estimate of drug-likeness (QED) is 0.834. The van der Waals surface area contributed by atoms with Crippen LogP contribution < -0.4 is 10.9 Å². The molecule has 2 rings (SSSR count). The summed E-state index contributed by atoms with van der Waals surface area (Å²) in [5, 5.41) is 8.73. The van der Waals surface area contributed by atoms with Gasteiger partial charge < -0.3 is 0 Å². The molecule has 0 aliphatic rings. The van der Waals surface area contributed by atoms with Crippen LogP contribution in [0.25, 0.3) is 0 Å². The van der Waals surface area contributed by atoms with E-state index in [1.54, 1.807) is 24.3 Å². The summed E-state index contributed by atoms with van der Waals surface area (Å²) in [4.78, 5) is 24.0. The largest absolute Gasteiger partial charge is 0.269 e. The highest BCUT2D eigenvalue weighted by Gasteiger charge is 2.14. The molecular formula is C19H19N3O2. The molecule has 0 atom stereocenters. The van der Waals surface area contributed by atoms with Crippen LogP contribution in [0.4, 0.5) is 0 Å². The number of hydrogen-bond acceptors (Lipinski definition) is 3. The molecule has 0 aliphatic heterocycles. The molecule has 2 aromatic rings. The van der Waals surface area contributed by atoms with Gasteiger partial charge in [0.1, 0.15) is 0 Å². The van der Waals surface area contributed by atoms with Crippen LogP contribution in [0.1, 0.15) is 52.6 Å². The average molecular weight is 321 g/mol. The van der Waals surface area contributed by atoms with Crippen LogP contribution in [0.5, 0.6) is 0 Å². The van der Waals surface area contributed by atoms with Crippen molar-refractivity contribution in [3.8, 4) is 6.07 Å². The van der Waals surface area contributed by atoms with Crippen LogP contribution >= 0.6 is 0 Å². The molecular weight excluding hydrogens is 302 g/mol. The van der Waals surface area contributed by atoms with Gasteiger partial charge in [-0.3, -0.25) is 20.4 Å². The number of carbonyl (C=O) groups is 2. The van der Waals surface area contributed by atoms with Gasteiger partial charge in [-0.1, -0.05) is 32.9 Å². The Bertz CT molecular complexity index is 779. The first-order valence-electron chi connectivity index (χ1n) is 7.52. The van der Waals surface area contributed by atoms with E-state index in [1.165, 1.54) is 12.1 Å². The Labute approximate surface area is 141 Å². The zero-order valence-corrected chi connectivity index (χ0v) is 13.9. The number of rotatable bonds is 2. The maximum absolute atomic E-state index is 12.1. The third-order valence-corrected chi connectivity index (χ3v) is 3.58. The van der Waals surface area contributed by atoms with E-state index in [0.29, 0.717) is 16.7 Å². The van der Waals surface area contributed by atoms with Gasteiger partial charge in [0, 0.05) is 11.1 Å². The summed E-state index contributed by atoms with van der Waals surface area (Å²) >= 11 is 0. The van der Waals surface area contributed by atoms with Crippen molar-refractivity contribution in [3.05, 3.63) is 70.8 Å². The number of nitrogens with one attached hydrogen (secondary N) is 2. The molecule has 2 amide bonds. The van der Waals surface area contributed by atoms with Crippen molar-refractivity contribution in [3.63, 3.8) is 0 Å². The van der Waals surface area contributed by atoms with Crippen molar-refractivity contribution >= 4 is 11.8 Å². The predicted octanol–water partition coefficient (Wildman–Crippen LogP) is 2.93. The van der Waals surface area contributed by atoms with Crippen LogP contribution in [0.2, 0.25) is 0 Å². The van der Waals surface area contributed by atoms with Crippen LogP contribution in [0.3, 0.4) is 0 Å². The molecule has 2 N–H and O–H groups in total. The minimum atomic E-state index is -0.445. The topological polar surface area (TPSA) is 82.0 Å². The molecule has 0 aliphatic carbocycles. The van der Waals surface area contributed by atoms with E-state index in [9.17, 15) is 9.59 Å². The summed E-state index contributed by atoms with van der Waals surface area (Å²) < 4.78 is 0. The van der Waals surface area contributed by atoms with Crippen LogP contribution in [-0.2, 0) is 5.41 Å². The highest BCUT2D eigenvalue weighted by molar-refractivity contribution is 5.99. The summed E-state index contributed by atoms with van der Waals surface area (Å²) in [7, 11) is 0. The zero-order chi connectivity index (χ0) is 17.7. The number of nitriles is 1. The Hall–Kier alpha value is -3.13. The molecule has 0 spiro atoms. The maximum atomic E-state index is 12.1. The molecule has 0 saturated heterocycles. The summed E-state index contributed by atoms with van der Waals surface area (Å²) in [6.45, 7) is 6.29. The van der Waals surface area contributed by atoms with Gasteiger partial charge in [0.2, 0.25) is 0 Å². The Morgan fingerprint density at radius 2 is 1.25 bits per heavy atom. The summed E-state index contributed by atoms with van der Waals surface area (Å²) in [6.07, 6.45) is 0. The van der Waals surface area contributed by atoms with Crippen LogP contribution in [0.15, 0.2) is 48.5 Å². The monoisotopic (exact) mass is 321 g/mol. The SMILES string of the molecule is CC(C)(C)c1ccc(C(=O)NNC(=O)c2ccc(C#N)cc2)cc1. The molecule has 0 radical (unpaired) electrons. The van der Waals surface area contributed by atoms with E-state index >= 15 is 0 Å². The zero-order valence-electron chi connectivity index (χ0n) is 13.9. The molecule has 0 saturated carbocycles. The number of benzene rings is 2. The smallest absolute Gasteiger partial charge is 0.267 e. The van der Waals surface area contributed by atoms with Gasteiger partial charge in [-0.25, -0.2) is 0 Å². The number of hydrazine groups is 1. The third-order valence-electron chi connectivity index (χ3n) is 3.58. The van der Waals surface area contributed by atoms with E-state index < -0.39 is 11.8 Å². The number of hydrogen-bond donors (Lipinski definition) is 2. The lowest BCUT2D eigenvalue weighted by atomic mass is 9.87. The van der Waals surface area contributed by atoms with Gasteiger partial charge in [-0.15, -0.1) is 0 Å². The summed E-state index contributed by atoms with van der Waals surface area (Å²) in [5.41, 5.74) is 7.16. The predicted molar refractivity (Wildman–Crippen MR) is 91.2 cm³/mol. The highest BCUT2D eigenvalue weighted by Crippen LogP contribution is 2.22. The van der Waals surface area contributed by atoms with Gasteiger partial charge >= 0.3 is 0 Å². The fourth-order valence-corrected chi connectivity index (χ4v) is 2.08. The van der Waals surface area contributed by atoms with Crippen molar-refractivity contribution in [1.82, 2.24) is 10.9 Å². The van der Waals surface area contributed by atoms with Gasteiger partial charge in [0.25, 0.3) is 11.8 Å². The van der Waals surface area contributed by atoms with Crippen molar-refractivity contribution in [2.75, 3.05) is 0 Å². The fourth-order valence-electron chi connectivity index (χ4n) is 2.08. The normalized spacial score (nSPS) is 10.6. The van der Waals surface area contributed by atoms with Gasteiger partial charge in [0.15, 0.2) is 0 Å². The van der Waals surface area contributed by atoms with Crippen molar-refractivity contribution in [2.45, 2.75) is 26.2 Å². The van der Waals surface area contributed by atoms with Gasteiger partial charge in [-0.2, -0.15) is 5.26 Å². The summed E-state index contributed by atoms with van der Waals surface area (Å²) in [5.74, 6) is -0.836. The first-order chi connectivity index (χ1) is 11.3. The van der Waals surface area contributed by atoms with Crippen LogP contribution in [0, 0.1) is 11.3 Å². The lowest BCUT2D eigenvalue weighted by molar-refractivity contribution is 0.0846. The molecule has 5 nitrogen and oxygen atoms in total. The molecule has 24 heavy (non-hydrogen) atoms. The maximum Gasteiger partial charge on any atom is 0.269 e. The highest BCUT2D eigenvalue weighted by atomic mass is 16.2. The molecule has 0 aromatic heterocycles. The van der Waals surface area contributed by atoms with Crippen LogP contribution in [-0.4, -0.2) is 11.8 Å². The van der Waals surface area contributed by atoms with Gasteiger partial charge in [0.05, 0.1) is 11.6 Å². The Kier molecular flexibility index (Phi) is 5.00. The molecule has 0 unspecified atom stereocenters. The molecule has 5 heteroatoms. The van der Waals surface area contributed by atoms with E-state index in [1.807, 2.05) is 18.2 Å². The molecule has 0 heterocycles. The fraction of sp³-hybridized carbons (Fsp3) is 0.211. The lowest BCUT2D eigenvalue weighted by Crippen LogP contribution is -2.41. The first-order valence-corrected chi connectivity index (χ1v) is 7.52.